The van der Waals surface area contributed by atoms with Gasteiger partial charge in [0.25, 0.3) is 0 Å². The zero-order valence-electron chi connectivity index (χ0n) is 16.1. The minimum Gasteiger partial charge on any atom is -0.454 e. The van der Waals surface area contributed by atoms with Crippen molar-refractivity contribution in [2.45, 2.75) is 6.42 Å². The van der Waals surface area contributed by atoms with Crippen molar-refractivity contribution in [2.75, 3.05) is 11.5 Å². The number of anilines is 1. The summed E-state index contributed by atoms with van der Waals surface area (Å²) in [6, 6.07) is 14.8. The van der Waals surface area contributed by atoms with Crippen LogP contribution < -0.4 is 4.90 Å². The Morgan fingerprint density at radius 3 is 2.03 bits per heavy atom. The number of esters is 1. The zero-order valence-corrected chi connectivity index (χ0v) is 16.1. The normalized spacial score (nSPS) is 26.2. The number of benzene rings is 2. The lowest BCUT2D eigenvalue weighted by Crippen LogP contribution is -2.32. The van der Waals surface area contributed by atoms with Gasteiger partial charge in [-0.25, -0.2) is 4.79 Å². The third-order valence-corrected chi connectivity index (χ3v) is 6.26. The van der Waals surface area contributed by atoms with Crippen LogP contribution in [0.2, 0.25) is 0 Å². The van der Waals surface area contributed by atoms with Crippen LogP contribution in [0.1, 0.15) is 27.1 Å². The van der Waals surface area contributed by atoms with Gasteiger partial charge < -0.3 is 4.74 Å². The van der Waals surface area contributed by atoms with E-state index in [-0.39, 0.29) is 53.4 Å². The molecule has 3 aliphatic rings. The van der Waals surface area contributed by atoms with E-state index in [9.17, 15) is 19.2 Å². The van der Waals surface area contributed by atoms with Crippen molar-refractivity contribution in [1.82, 2.24) is 0 Å². The van der Waals surface area contributed by atoms with Gasteiger partial charge in [0, 0.05) is 5.56 Å². The van der Waals surface area contributed by atoms with E-state index >= 15 is 0 Å². The monoisotopic (exact) mass is 401 g/mol. The number of carbonyl (C=O) groups is 4. The summed E-state index contributed by atoms with van der Waals surface area (Å²) in [5.74, 6) is -1.47. The van der Waals surface area contributed by atoms with Crippen LogP contribution in [-0.2, 0) is 14.3 Å². The largest absolute Gasteiger partial charge is 0.454 e. The van der Waals surface area contributed by atoms with Crippen molar-refractivity contribution in [2.24, 2.45) is 23.7 Å². The summed E-state index contributed by atoms with van der Waals surface area (Å²) >= 11 is 0. The molecule has 4 atom stereocenters. The Labute approximate surface area is 173 Å². The van der Waals surface area contributed by atoms with E-state index in [0.29, 0.717) is 11.3 Å². The molecule has 0 spiro atoms. The SMILES string of the molecule is O=C(COC(=O)c1ccc(N2C(=O)[C@@H]3[C@H](C2=O)[C@H]2C=C[C@H]3C2)cc1)c1ccccc1. The first-order valence-electron chi connectivity index (χ1n) is 9.96. The van der Waals surface area contributed by atoms with E-state index in [4.69, 9.17) is 4.74 Å². The lowest BCUT2D eigenvalue weighted by molar-refractivity contribution is -0.123. The molecule has 2 aromatic rings. The van der Waals surface area contributed by atoms with Gasteiger partial charge in [-0.15, -0.1) is 0 Å². The van der Waals surface area contributed by atoms with Crippen LogP contribution in [-0.4, -0.2) is 30.2 Å². The van der Waals surface area contributed by atoms with E-state index in [2.05, 4.69) is 12.2 Å². The van der Waals surface area contributed by atoms with Gasteiger partial charge >= 0.3 is 5.97 Å². The summed E-state index contributed by atoms with van der Waals surface area (Å²) in [6.45, 7) is -0.354. The van der Waals surface area contributed by atoms with Crippen molar-refractivity contribution in [3.05, 3.63) is 77.9 Å². The van der Waals surface area contributed by atoms with Gasteiger partial charge in [-0.1, -0.05) is 42.5 Å². The summed E-state index contributed by atoms with van der Waals surface area (Å²) < 4.78 is 5.10. The van der Waals surface area contributed by atoms with Gasteiger partial charge in [0.2, 0.25) is 11.8 Å². The molecule has 2 fully saturated rings. The van der Waals surface area contributed by atoms with E-state index in [1.807, 2.05) is 0 Å². The van der Waals surface area contributed by atoms with Gasteiger partial charge in [0.15, 0.2) is 12.4 Å². The molecule has 2 bridgehead atoms. The van der Waals surface area contributed by atoms with E-state index in [0.717, 1.165) is 6.42 Å². The van der Waals surface area contributed by atoms with E-state index in [1.165, 1.54) is 17.0 Å². The second-order valence-electron chi connectivity index (χ2n) is 7.92. The van der Waals surface area contributed by atoms with Crippen molar-refractivity contribution in [3.8, 4) is 0 Å². The molecular weight excluding hydrogens is 382 g/mol. The molecule has 2 aliphatic carbocycles. The number of imide groups is 1. The Hall–Kier alpha value is -3.54. The smallest absolute Gasteiger partial charge is 0.338 e. The minimum absolute atomic E-state index is 0.151. The molecule has 0 unspecified atom stereocenters. The van der Waals surface area contributed by atoms with Gasteiger partial charge in [-0.05, 0) is 42.5 Å². The molecule has 150 valence electrons. The fourth-order valence-electron chi connectivity index (χ4n) is 4.83. The number of Topliss-reactive ketones (excluding diaryl/α,β-unsaturated/α-hetero) is 1. The number of fused-ring (bicyclic) bond motifs is 5. The molecule has 0 N–H and O–H groups in total. The summed E-state index contributed by atoms with van der Waals surface area (Å²) in [5.41, 5.74) is 1.18. The van der Waals surface area contributed by atoms with E-state index in [1.54, 1.807) is 42.5 Å². The van der Waals surface area contributed by atoms with Gasteiger partial charge in [-0.3, -0.25) is 19.3 Å². The highest BCUT2D eigenvalue weighted by Gasteiger charge is 2.59. The lowest BCUT2D eigenvalue weighted by Gasteiger charge is -2.17. The molecule has 2 amide bonds. The Bertz CT molecular complexity index is 1040. The van der Waals surface area contributed by atoms with Crippen molar-refractivity contribution in [1.29, 1.82) is 0 Å². The topological polar surface area (TPSA) is 80.8 Å². The molecule has 1 aliphatic heterocycles. The Balaban J connectivity index is 1.26. The van der Waals surface area contributed by atoms with E-state index < -0.39 is 5.97 Å². The number of allylic oxidation sites excluding steroid dienone is 2. The Kier molecular flexibility index (Phi) is 4.35. The molecule has 5 rings (SSSR count). The number of ketones is 1. The van der Waals surface area contributed by atoms with Crippen LogP contribution in [0.4, 0.5) is 5.69 Å². The highest BCUT2D eigenvalue weighted by molar-refractivity contribution is 6.22. The number of hydrogen-bond acceptors (Lipinski definition) is 5. The molecular formula is C24H19NO5. The molecule has 6 heteroatoms. The van der Waals surface area contributed by atoms with Gasteiger partial charge in [0.1, 0.15) is 0 Å². The number of rotatable bonds is 5. The maximum absolute atomic E-state index is 12.9. The molecule has 1 saturated carbocycles. The fraction of sp³-hybridized carbons (Fsp3) is 0.250. The number of carbonyl (C=O) groups excluding carboxylic acids is 4. The lowest BCUT2D eigenvalue weighted by atomic mass is 9.85. The quantitative estimate of drug-likeness (QED) is 0.333. The van der Waals surface area contributed by atoms with Gasteiger partial charge in [0.05, 0.1) is 23.1 Å². The van der Waals surface area contributed by atoms with Crippen LogP contribution >= 0.6 is 0 Å². The van der Waals surface area contributed by atoms with Gasteiger partial charge in [-0.2, -0.15) is 0 Å². The summed E-state index contributed by atoms with van der Waals surface area (Å²) in [4.78, 5) is 51.3. The molecule has 2 aromatic carbocycles. The van der Waals surface area contributed by atoms with Crippen LogP contribution in [0.25, 0.3) is 0 Å². The zero-order chi connectivity index (χ0) is 20.8. The highest BCUT2D eigenvalue weighted by Crippen LogP contribution is 2.53. The summed E-state index contributed by atoms with van der Waals surface area (Å²) in [7, 11) is 0. The van der Waals surface area contributed by atoms with Crippen molar-refractivity contribution >= 4 is 29.3 Å². The molecule has 0 radical (unpaired) electrons. The molecule has 1 heterocycles. The number of nitrogens with zero attached hydrogens (tertiary/aromatic N) is 1. The third kappa shape index (κ3) is 2.87. The first-order chi connectivity index (χ1) is 14.5. The highest BCUT2D eigenvalue weighted by atomic mass is 16.5. The second kappa shape index (κ2) is 7.06. The molecule has 6 nitrogen and oxygen atoms in total. The van der Waals surface area contributed by atoms with Crippen molar-refractivity contribution < 1.29 is 23.9 Å². The standard InChI is InChI=1S/C24H19NO5/c26-19(14-4-2-1-3-5-14)13-30-24(29)15-8-10-18(11-9-15)25-22(27)20-16-6-7-17(12-16)21(20)23(25)28/h1-11,16-17,20-21H,12-13H2/t16-,17-,20-,21+/m0/s1. The second-order valence-corrected chi connectivity index (χ2v) is 7.92. The fourth-order valence-corrected chi connectivity index (χ4v) is 4.83. The van der Waals surface area contributed by atoms with Crippen LogP contribution in [0.3, 0.4) is 0 Å². The number of amides is 2. The Morgan fingerprint density at radius 1 is 0.833 bits per heavy atom. The third-order valence-electron chi connectivity index (χ3n) is 6.26. The average molecular weight is 401 g/mol. The van der Waals surface area contributed by atoms with Crippen LogP contribution in [0, 0.1) is 23.7 Å². The minimum atomic E-state index is -0.635. The molecule has 0 aromatic heterocycles. The molecule has 30 heavy (non-hydrogen) atoms. The maximum Gasteiger partial charge on any atom is 0.338 e. The predicted octanol–water partition coefficient (Wildman–Crippen LogP) is 3.04. The summed E-state index contributed by atoms with van der Waals surface area (Å²) in [6.07, 6.45) is 4.99. The average Bonchev–Trinajstić information content (AvgIpc) is 3.46. The summed E-state index contributed by atoms with van der Waals surface area (Å²) in [5, 5.41) is 0. The number of hydrogen-bond donors (Lipinski definition) is 0. The predicted molar refractivity (Wildman–Crippen MR) is 108 cm³/mol. The first-order valence-corrected chi connectivity index (χ1v) is 9.96. The maximum atomic E-state index is 12.9. The Morgan fingerprint density at radius 2 is 1.43 bits per heavy atom. The van der Waals surface area contributed by atoms with Crippen molar-refractivity contribution in [3.63, 3.8) is 0 Å². The van der Waals surface area contributed by atoms with Crippen LogP contribution in [0.15, 0.2) is 66.7 Å². The number of ether oxygens (including phenoxy) is 1. The first kappa shape index (κ1) is 18.5. The molecule has 1 saturated heterocycles. The van der Waals surface area contributed by atoms with Crippen LogP contribution in [0.5, 0.6) is 0 Å².